The van der Waals surface area contributed by atoms with E-state index < -0.39 is 29.1 Å². The number of rotatable bonds is 2. The minimum absolute atomic E-state index is 0.0730. The Bertz CT molecular complexity index is 729. The third kappa shape index (κ3) is 3.51. The lowest BCUT2D eigenvalue weighted by molar-refractivity contribution is -0.140. The first-order valence-electron chi connectivity index (χ1n) is 5.73. The molecule has 0 aliphatic rings. The third-order valence-electron chi connectivity index (χ3n) is 2.63. The first-order chi connectivity index (χ1) is 10.2. The molecule has 0 N–H and O–H groups in total. The molecule has 22 heavy (non-hydrogen) atoms. The normalized spacial score (nSPS) is 11.4. The van der Waals surface area contributed by atoms with Crippen LogP contribution in [0.1, 0.15) is 15.9 Å². The molecule has 2 aromatic rings. The third-order valence-corrected chi connectivity index (χ3v) is 3.36. The van der Waals surface area contributed by atoms with Crippen LogP contribution in [0.2, 0.25) is 10.0 Å². The van der Waals surface area contributed by atoms with E-state index >= 15 is 0 Å². The molecule has 116 valence electrons. The molecule has 2 rings (SSSR count). The maximum absolute atomic E-state index is 13.8. The number of hydrogen-bond donors (Lipinski definition) is 0. The average Bonchev–Trinajstić information content (AvgIpc) is 2.41. The van der Waals surface area contributed by atoms with Gasteiger partial charge in [0.1, 0.15) is 11.6 Å². The molecule has 0 aromatic heterocycles. The van der Waals surface area contributed by atoms with Crippen molar-refractivity contribution in [2.24, 2.45) is 0 Å². The summed E-state index contributed by atoms with van der Waals surface area (Å²) in [4.78, 5) is 11.8. The van der Waals surface area contributed by atoms with E-state index in [0.29, 0.717) is 6.07 Å². The molecule has 0 saturated heterocycles. The van der Waals surface area contributed by atoms with Gasteiger partial charge in [0.15, 0.2) is 0 Å². The molecule has 0 fully saturated rings. The fraction of sp³-hybridized carbons (Fsp3) is 0.0714. The molecule has 0 spiro atoms. The first kappa shape index (κ1) is 16.6. The summed E-state index contributed by atoms with van der Waals surface area (Å²) in [5.74, 6) is -3.04. The summed E-state index contributed by atoms with van der Waals surface area (Å²) < 4.78 is 56.4. The highest BCUT2D eigenvalue weighted by Gasteiger charge is 2.36. The van der Waals surface area contributed by atoms with Gasteiger partial charge in [-0.25, -0.2) is 9.18 Å². The second-order valence-electron chi connectivity index (χ2n) is 4.13. The van der Waals surface area contributed by atoms with Crippen molar-refractivity contribution in [1.82, 2.24) is 0 Å². The van der Waals surface area contributed by atoms with E-state index in [0.717, 1.165) is 12.1 Å². The van der Waals surface area contributed by atoms with Crippen LogP contribution in [-0.2, 0) is 6.18 Å². The molecular formula is C14H6Cl2F4O2. The summed E-state index contributed by atoms with van der Waals surface area (Å²) in [6, 6.07) is 6.13. The molecule has 2 aromatic carbocycles. The molecule has 0 aliphatic heterocycles. The van der Waals surface area contributed by atoms with E-state index in [9.17, 15) is 22.4 Å². The Labute approximate surface area is 132 Å². The number of benzene rings is 2. The van der Waals surface area contributed by atoms with Gasteiger partial charge in [-0.15, -0.1) is 0 Å². The van der Waals surface area contributed by atoms with Gasteiger partial charge in [-0.05, 0) is 24.3 Å². The number of halogens is 6. The number of carbonyl (C=O) groups is 1. The maximum Gasteiger partial charge on any atom is 0.419 e. The summed E-state index contributed by atoms with van der Waals surface area (Å²) in [5, 5.41) is 0.281. The molecule has 2 nitrogen and oxygen atoms in total. The van der Waals surface area contributed by atoms with Gasteiger partial charge in [-0.1, -0.05) is 29.3 Å². The Hall–Kier alpha value is -1.79. The van der Waals surface area contributed by atoms with E-state index in [2.05, 4.69) is 0 Å². The average molecular weight is 353 g/mol. The minimum atomic E-state index is -4.91. The van der Waals surface area contributed by atoms with Crippen LogP contribution in [0.3, 0.4) is 0 Å². The lowest BCUT2D eigenvalue weighted by Gasteiger charge is -2.11. The molecular weight excluding hydrogens is 347 g/mol. The highest BCUT2D eigenvalue weighted by molar-refractivity contribution is 6.42. The molecule has 0 radical (unpaired) electrons. The van der Waals surface area contributed by atoms with E-state index in [1.165, 1.54) is 18.2 Å². The zero-order valence-corrected chi connectivity index (χ0v) is 12.1. The molecule has 0 saturated carbocycles. The van der Waals surface area contributed by atoms with Gasteiger partial charge >= 0.3 is 12.1 Å². The topological polar surface area (TPSA) is 26.3 Å². The summed E-state index contributed by atoms with van der Waals surface area (Å²) in [5.41, 5.74) is -2.38. The summed E-state index contributed by atoms with van der Waals surface area (Å²) in [7, 11) is 0. The quantitative estimate of drug-likeness (QED) is 0.412. The summed E-state index contributed by atoms with van der Waals surface area (Å²) in [6.07, 6.45) is -4.91. The van der Waals surface area contributed by atoms with Crippen molar-refractivity contribution in [3.05, 3.63) is 63.4 Å². The minimum Gasteiger partial charge on any atom is -0.423 e. The van der Waals surface area contributed by atoms with Gasteiger partial charge in [0.25, 0.3) is 0 Å². The number of carbonyl (C=O) groups excluding carboxylic acids is 1. The summed E-state index contributed by atoms with van der Waals surface area (Å²) in [6.45, 7) is 0. The summed E-state index contributed by atoms with van der Waals surface area (Å²) >= 11 is 11.4. The van der Waals surface area contributed by atoms with E-state index in [4.69, 9.17) is 27.9 Å². The lowest BCUT2D eigenvalue weighted by atomic mass is 10.1. The van der Waals surface area contributed by atoms with Crippen LogP contribution in [0.25, 0.3) is 0 Å². The van der Waals surface area contributed by atoms with Crippen molar-refractivity contribution in [2.75, 3.05) is 0 Å². The van der Waals surface area contributed by atoms with Crippen LogP contribution in [0.15, 0.2) is 36.4 Å². The molecule has 0 amide bonds. The standard InChI is InChI=1S/C14H6Cl2F4O2/c15-10-5-4-7(6-11(10)16)22-13(21)8-2-1-3-9(12(8)17)14(18,19)20/h1-6H. The lowest BCUT2D eigenvalue weighted by Crippen LogP contribution is -2.15. The van der Waals surface area contributed by atoms with Crippen molar-refractivity contribution >= 4 is 29.2 Å². The number of esters is 1. The Morgan fingerprint density at radius 1 is 1.05 bits per heavy atom. The van der Waals surface area contributed by atoms with E-state index in [1.54, 1.807) is 0 Å². The van der Waals surface area contributed by atoms with Crippen LogP contribution in [0.4, 0.5) is 17.6 Å². The highest BCUT2D eigenvalue weighted by Crippen LogP contribution is 2.33. The largest absolute Gasteiger partial charge is 0.423 e. The Balaban J connectivity index is 2.32. The number of hydrogen-bond acceptors (Lipinski definition) is 2. The Morgan fingerprint density at radius 2 is 1.73 bits per heavy atom. The maximum atomic E-state index is 13.8. The van der Waals surface area contributed by atoms with Gasteiger partial charge in [0.05, 0.1) is 21.2 Å². The molecule has 8 heteroatoms. The van der Waals surface area contributed by atoms with Crippen LogP contribution < -0.4 is 4.74 Å². The fourth-order valence-corrected chi connectivity index (χ4v) is 1.90. The van der Waals surface area contributed by atoms with Gasteiger partial charge in [-0.3, -0.25) is 0 Å². The predicted molar refractivity (Wildman–Crippen MR) is 72.8 cm³/mol. The van der Waals surface area contributed by atoms with Crippen molar-refractivity contribution in [1.29, 1.82) is 0 Å². The zero-order valence-electron chi connectivity index (χ0n) is 10.5. The molecule has 0 bridgehead atoms. The Kier molecular flexibility index (Phi) is 4.63. The Morgan fingerprint density at radius 3 is 2.32 bits per heavy atom. The SMILES string of the molecule is O=C(Oc1ccc(Cl)c(Cl)c1)c1cccc(C(F)(F)F)c1F. The monoisotopic (exact) mass is 352 g/mol. The van der Waals surface area contributed by atoms with Crippen LogP contribution in [0, 0.1) is 5.82 Å². The number of alkyl halides is 3. The van der Waals surface area contributed by atoms with Crippen molar-refractivity contribution in [3.63, 3.8) is 0 Å². The van der Waals surface area contributed by atoms with Gasteiger partial charge in [-0.2, -0.15) is 13.2 Å². The molecule has 0 atom stereocenters. The zero-order chi connectivity index (χ0) is 16.5. The van der Waals surface area contributed by atoms with Gasteiger partial charge in [0.2, 0.25) is 0 Å². The van der Waals surface area contributed by atoms with Crippen molar-refractivity contribution < 1.29 is 27.1 Å². The molecule has 0 unspecified atom stereocenters. The second-order valence-corrected chi connectivity index (χ2v) is 4.94. The van der Waals surface area contributed by atoms with Crippen molar-refractivity contribution in [2.45, 2.75) is 6.18 Å². The predicted octanol–water partition coefficient (Wildman–Crippen LogP) is 5.37. The smallest absolute Gasteiger partial charge is 0.419 e. The van der Waals surface area contributed by atoms with Gasteiger partial charge in [0, 0.05) is 6.07 Å². The first-order valence-corrected chi connectivity index (χ1v) is 6.48. The van der Waals surface area contributed by atoms with Crippen LogP contribution in [0.5, 0.6) is 5.75 Å². The van der Waals surface area contributed by atoms with E-state index in [-0.39, 0.29) is 15.8 Å². The highest BCUT2D eigenvalue weighted by atomic mass is 35.5. The molecule has 0 heterocycles. The van der Waals surface area contributed by atoms with Crippen molar-refractivity contribution in [3.8, 4) is 5.75 Å². The van der Waals surface area contributed by atoms with E-state index in [1.807, 2.05) is 0 Å². The van der Waals surface area contributed by atoms with Crippen LogP contribution >= 0.6 is 23.2 Å². The molecule has 0 aliphatic carbocycles. The van der Waals surface area contributed by atoms with Crippen LogP contribution in [-0.4, -0.2) is 5.97 Å². The second kappa shape index (κ2) is 6.14. The fourth-order valence-electron chi connectivity index (χ4n) is 1.61. The van der Waals surface area contributed by atoms with Gasteiger partial charge < -0.3 is 4.74 Å². The number of ether oxygens (including phenoxy) is 1.